The van der Waals surface area contributed by atoms with Crippen LogP contribution in [0.5, 0.6) is 5.75 Å². The maximum Gasteiger partial charge on any atom is 0.364 e. The molecule has 1 heterocycles. The van der Waals surface area contributed by atoms with Gasteiger partial charge in [0.25, 0.3) is 5.69 Å². The minimum atomic E-state index is -0.751. The standard InChI is InChI=1S/C15H8ClN3O4/c16-10-7-9(19(21)22)5-6-14(10)23-15(20)13-8-17-11-3-1-2-4-12(11)18-13/h1-8H. The number of halogens is 1. The van der Waals surface area contributed by atoms with Crippen molar-refractivity contribution >= 4 is 34.3 Å². The molecule has 114 valence electrons. The molecule has 3 rings (SSSR count). The van der Waals surface area contributed by atoms with Gasteiger partial charge >= 0.3 is 5.97 Å². The van der Waals surface area contributed by atoms with Crippen LogP contribution in [-0.4, -0.2) is 20.9 Å². The zero-order valence-electron chi connectivity index (χ0n) is 11.5. The number of benzene rings is 2. The first kappa shape index (κ1) is 14.9. The quantitative estimate of drug-likeness (QED) is 0.316. The molecule has 0 aliphatic rings. The lowest BCUT2D eigenvalue weighted by Crippen LogP contribution is -2.11. The average Bonchev–Trinajstić information content (AvgIpc) is 2.56. The highest BCUT2D eigenvalue weighted by Gasteiger charge is 2.16. The number of carbonyl (C=O) groups excluding carboxylic acids is 1. The number of non-ortho nitro benzene ring substituents is 1. The predicted molar refractivity (Wildman–Crippen MR) is 82.6 cm³/mol. The molecule has 0 N–H and O–H groups in total. The fraction of sp³-hybridized carbons (Fsp3) is 0. The largest absolute Gasteiger partial charge is 0.420 e. The van der Waals surface area contributed by atoms with Gasteiger partial charge in [-0.25, -0.2) is 9.78 Å². The van der Waals surface area contributed by atoms with Crippen LogP contribution in [0.3, 0.4) is 0 Å². The number of nitro benzene ring substituents is 1. The Morgan fingerprint density at radius 2 is 1.91 bits per heavy atom. The molecule has 2 aromatic carbocycles. The number of para-hydroxylation sites is 2. The van der Waals surface area contributed by atoms with Crippen molar-refractivity contribution in [3.8, 4) is 5.75 Å². The first-order valence-electron chi connectivity index (χ1n) is 6.42. The Hall–Kier alpha value is -3.06. The second-order valence-electron chi connectivity index (χ2n) is 4.51. The lowest BCUT2D eigenvalue weighted by molar-refractivity contribution is -0.384. The molecule has 0 radical (unpaired) electrons. The van der Waals surface area contributed by atoms with E-state index in [0.29, 0.717) is 11.0 Å². The summed E-state index contributed by atoms with van der Waals surface area (Å²) >= 11 is 5.88. The van der Waals surface area contributed by atoms with E-state index in [1.54, 1.807) is 18.2 Å². The molecular formula is C15H8ClN3O4. The molecule has 0 spiro atoms. The van der Waals surface area contributed by atoms with Gasteiger partial charge in [-0.1, -0.05) is 23.7 Å². The van der Waals surface area contributed by atoms with E-state index in [9.17, 15) is 14.9 Å². The van der Waals surface area contributed by atoms with Gasteiger partial charge in [-0.15, -0.1) is 0 Å². The molecule has 7 nitrogen and oxygen atoms in total. The van der Waals surface area contributed by atoms with Gasteiger partial charge in [-0.2, -0.15) is 0 Å². The van der Waals surface area contributed by atoms with Crippen LogP contribution in [0.15, 0.2) is 48.7 Å². The third-order valence-electron chi connectivity index (χ3n) is 2.99. The first-order chi connectivity index (χ1) is 11.0. The van der Waals surface area contributed by atoms with Crippen molar-refractivity contribution in [2.75, 3.05) is 0 Å². The Morgan fingerprint density at radius 1 is 1.17 bits per heavy atom. The Kier molecular flexibility index (Phi) is 3.86. The molecule has 0 aliphatic heterocycles. The Balaban J connectivity index is 1.87. The molecule has 0 fully saturated rings. The van der Waals surface area contributed by atoms with Gasteiger partial charge in [0.15, 0.2) is 5.69 Å². The van der Waals surface area contributed by atoms with E-state index < -0.39 is 10.9 Å². The van der Waals surface area contributed by atoms with E-state index in [1.165, 1.54) is 18.3 Å². The minimum Gasteiger partial charge on any atom is -0.420 e. The molecule has 0 atom stereocenters. The van der Waals surface area contributed by atoms with Gasteiger partial charge in [-0.3, -0.25) is 15.1 Å². The zero-order chi connectivity index (χ0) is 16.4. The zero-order valence-corrected chi connectivity index (χ0v) is 12.2. The summed E-state index contributed by atoms with van der Waals surface area (Å²) in [7, 11) is 0. The SMILES string of the molecule is O=C(Oc1ccc([N+](=O)[O-])cc1Cl)c1cnc2ccccc2n1. The predicted octanol–water partition coefficient (Wildman–Crippen LogP) is 3.41. The Bertz CT molecular complexity index is 929. The number of ether oxygens (including phenoxy) is 1. The van der Waals surface area contributed by atoms with Gasteiger partial charge in [0.1, 0.15) is 5.75 Å². The number of rotatable bonds is 3. The van der Waals surface area contributed by atoms with Crippen molar-refractivity contribution in [2.24, 2.45) is 0 Å². The second-order valence-corrected chi connectivity index (χ2v) is 4.91. The number of nitro groups is 1. The number of nitrogens with zero attached hydrogens (tertiary/aromatic N) is 3. The molecule has 0 saturated carbocycles. The molecular weight excluding hydrogens is 322 g/mol. The lowest BCUT2D eigenvalue weighted by atomic mass is 10.3. The van der Waals surface area contributed by atoms with E-state index >= 15 is 0 Å². The maximum atomic E-state index is 12.1. The van der Waals surface area contributed by atoms with Crippen molar-refractivity contribution in [1.29, 1.82) is 0 Å². The summed E-state index contributed by atoms with van der Waals surface area (Å²) in [6.45, 7) is 0. The van der Waals surface area contributed by atoms with Gasteiger partial charge in [-0.05, 0) is 18.2 Å². The third-order valence-corrected chi connectivity index (χ3v) is 3.28. The van der Waals surface area contributed by atoms with Gasteiger partial charge < -0.3 is 4.74 Å². The Morgan fingerprint density at radius 3 is 2.61 bits per heavy atom. The summed E-state index contributed by atoms with van der Waals surface area (Å²) in [6, 6.07) is 10.6. The molecule has 23 heavy (non-hydrogen) atoms. The highest BCUT2D eigenvalue weighted by molar-refractivity contribution is 6.32. The number of esters is 1. The van der Waals surface area contributed by atoms with Gasteiger partial charge in [0.05, 0.1) is 27.2 Å². The fourth-order valence-corrected chi connectivity index (χ4v) is 2.11. The monoisotopic (exact) mass is 329 g/mol. The number of aromatic nitrogens is 2. The third kappa shape index (κ3) is 3.09. The molecule has 3 aromatic rings. The summed E-state index contributed by atoms with van der Waals surface area (Å²) in [5.41, 5.74) is 1.02. The van der Waals surface area contributed by atoms with Crippen molar-refractivity contribution in [1.82, 2.24) is 9.97 Å². The highest BCUT2D eigenvalue weighted by atomic mass is 35.5. The second kappa shape index (κ2) is 5.98. The molecule has 1 aromatic heterocycles. The summed E-state index contributed by atoms with van der Waals surface area (Å²) in [4.78, 5) is 30.5. The van der Waals surface area contributed by atoms with Crippen molar-refractivity contribution in [2.45, 2.75) is 0 Å². The average molecular weight is 330 g/mol. The summed E-state index contributed by atoms with van der Waals surface area (Å²) in [5.74, 6) is -0.740. The molecule has 0 bridgehead atoms. The van der Waals surface area contributed by atoms with E-state index in [-0.39, 0.29) is 22.2 Å². The van der Waals surface area contributed by atoms with Crippen LogP contribution in [0.25, 0.3) is 11.0 Å². The summed E-state index contributed by atoms with van der Waals surface area (Å²) in [5, 5.41) is 10.6. The number of carbonyl (C=O) groups is 1. The van der Waals surface area contributed by atoms with Gasteiger partial charge in [0.2, 0.25) is 0 Å². The van der Waals surface area contributed by atoms with Crippen LogP contribution < -0.4 is 4.74 Å². The first-order valence-corrected chi connectivity index (χ1v) is 6.80. The van der Waals surface area contributed by atoms with Crippen LogP contribution in [0.1, 0.15) is 10.5 Å². The maximum absolute atomic E-state index is 12.1. The van der Waals surface area contributed by atoms with Crippen LogP contribution in [-0.2, 0) is 0 Å². The van der Waals surface area contributed by atoms with Crippen molar-refractivity contribution in [3.63, 3.8) is 0 Å². The van der Waals surface area contributed by atoms with Gasteiger partial charge in [0, 0.05) is 12.1 Å². The highest BCUT2D eigenvalue weighted by Crippen LogP contribution is 2.29. The summed E-state index contributed by atoms with van der Waals surface area (Å²) < 4.78 is 5.12. The van der Waals surface area contributed by atoms with Crippen molar-refractivity contribution < 1.29 is 14.5 Å². The smallest absolute Gasteiger partial charge is 0.364 e. The minimum absolute atomic E-state index is 0.0113. The van der Waals surface area contributed by atoms with Crippen LogP contribution in [0.4, 0.5) is 5.69 Å². The van der Waals surface area contributed by atoms with Crippen LogP contribution in [0.2, 0.25) is 5.02 Å². The van der Waals surface area contributed by atoms with Crippen molar-refractivity contribution in [3.05, 3.63) is 69.5 Å². The topological polar surface area (TPSA) is 95.2 Å². The molecule has 8 heteroatoms. The van der Waals surface area contributed by atoms with Crippen LogP contribution >= 0.6 is 11.6 Å². The molecule has 0 aliphatic carbocycles. The lowest BCUT2D eigenvalue weighted by Gasteiger charge is -2.06. The van der Waals surface area contributed by atoms with E-state index in [4.69, 9.17) is 16.3 Å². The Labute approximate surface area is 134 Å². The van der Waals surface area contributed by atoms with E-state index in [2.05, 4.69) is 9.97 Å². The van der Waals surface area contributed by atoms with E-state index in [0.717, 1.165) is 6.07 Å². The molecule has 0 amide bonds. The summed E-state index contributed by atoms with van der Waals surface area (Å²) in [6.07, 6.45) is 1.30. The van der Waals surface area contributed by atoms with E-state index in [1.807, 2.05) is 6.07 Å². The number of fused-ring (bicyclic) bond motifs is 1. The normalized spacial score (nSPS) is 10.5. The molecule has 0 unspecified atom stereocenters. The molecule has 0 saturated heterocycles. The fourth-order valence-electron chi connectivity index (χ4n) is 1.89. The number of hydrogen-bond acceptors (Lipinski definition) is 6. The number of hydrogen-bond donors (Lipinski definition) is 0. The van der Waals surface area contributed by atoms with Crippen LogP contribution in [0, 0.1) is 10.1 Å².